The van der Waals surface area contributed by atoms with Gasteiger partial charge in [0, 0.05) is 13.2 Å². The highest BCUT2D eigenvalue weighted by atomic mass is 16.5. The lowest BCUT2D eigenvalue weighted by molar-refractivity contribution is -0.126. The highest BCUT2D eigenvalue weighted by Crippen LogP contribution is 2.10. The molecule has 4 heteroatoms. The molecule has 0 saturated carbocycles. The van der Waals surface area contributed by atoms with Gasteiger partial charge in [0.25, 0.3) is 0 Å². The van der Waals surface area contributed by atoms with Gasteiger partial charge in [-0.1, -0.05) is 37.6 Å². The van der Waals surface area contributed by atoms with Gasteiger partial charge in [0.15, 0.2) is 0 Å². The molecule has 0 aliphatic heterocycles. The summed E-state index contributed by atoms with van der Waals surface area (Å²) in [7, 11) is 0. The summed E-state index contributed by atoms with van der Waals surface area (Å²) in [5, 5.41) is 2.89. The number of benzene rings is 1. The number of amides is 1. The third-order valence-corrected chi connectivity index (χ3v) is 3.24. The Morgan fingerprint density at radius 1 is 1.25 bits per heavy atom. The zero-order valence-corrected chi connectivity index (χ0v) is 12.7. The second-order valence-corrected chi connectivity index (χ2v) is 5.30. The highest BCUT2D eigenvalue weighted by Gasteiger charge is 2.26. The Kier molecular flexibility index (Phi) is 6.68. The Hall–Kier alpha value is -1.39. The number of hydrogen-bond acceptors (Lipinski definition) is 3. The zero-order valence-electron chi connectivity index (χ0n) is 12.7. The summed E-state index contributed by atoms with van der Waals surface area (Å²) in [4.78, 5) is 12.0. The third-order valence-electron chi connectivity index (χ3n) is 3.24. The van der Waals surface area contributed by atoms with Crippen molar-refractivity contribution in [3.05, 3.63) is 35.4 Å². The summed E-state index contributed by atoms with van der Waals surface area (Å²) in [6.07, 6.45) is 1.58. The van der Waals surface area contributed by atoms with Crippen LogP contribution in [0.25, 0.3) is 0 Å². The number of hydrogen-bond donors (Lipinski definition) is 2. The fraction of sp³-hybridized carbons (Fsp3) is 0.562. The quantitative estimate of drug-likeness (QED) is 0.767. The number of nitrogens with one attached hydrogen (secondary N) is 1. The molecule has 4 nitrogen and oxygen atoms in total. The van der Waals surface area contributed by atoms with Crippen molar-refractivity contribution >= 4 is 5.91 Å². The lowest BCUT2D eigenvalue weighted by Gasteiger charge is -2.22. The van der Waals surface area contributed by atoms with E-state index in [4.69, 9.17) is 10.5 Å². The van der Waals surface area contributed by atoms with E-state index in [1.54, 1.807) is 6.92 Å². The van der Waals surface area contributed by atoms with Crippen LogP contribution >= 0.6 is 0 Å². The average molecular weight is 278 g/mol. The smallest absolute Gasteiger partial charge is 0.240 e. The van der Waals surface area contributed by atoms with E-state index in [0.717, 1.165) is 17.5 Å². The second kappa shape index (κ2) is 8.02. The molecule has 0 radical (unpaired) electrons. The minimum atomic E-state index is -0.788. The molecule has 0 aliphatic carbocycles. The standard InChI is InChI=1S/C16H26N2O2/c1-4-10-16(3,17)15(19)18-11-13-6-8-14(9-7-13)12-20-5-2/h6-9H,4-5,10-12,17H2,1-3H3,(H,18,19). The number of ether oxygens (including phenoxy) is 1. The fourth-order valence-electron chi connectivity index (χ4n) is 1.99. The van der Waals surface area contributed by atoms with Crippen molar-refractivity contribution in [1.29, 1.82) is 0 Å². The SMILES string of the molecule is CCCC(C)(N)C(=O)NCc1ccc(COCC)cc1. The molecular formula is C16H26N2O2. The van der Waals surface area contributed by atoms with Gasteiger partial charge >= 0.3 is 0 Å². The van der Waals surface area contributed by atoms with E-state index in [1.807, 2.05) is 38.1 Å². The predicted octanol–water partition coefficient (Wildman–Crippen LogP) is 2.36. The van der Waals surface area contributed by atoms with Crippen molar-refractivity contribution in [2.75, 3.05) is 6.61 Å². The lowest BCUT2D eigenvalue weighted by atomic mass is 9.96. The molecule has 1 atom stereocenters. The van der Waals surface area contributed by atoms with Crippen molar-refractivity contribution < 1.29 is 9.53 Å². The minimum Gasteiger partial charge on any atom is -0.377 e. The molecule has 1 aromatic rings. The van der Waals surface area contributed by atoms with E-state index in [0.29, 0.717) is 26.2 Å². The van der Waals surface area contributed by atoms with Gasteiger partial charge in [-0.3, -0.25) is 4.79 Å². The summed E-state index contributed by atoms with van der Waals surface area (Å²) in [5.41, 5.74) is 7.39. The Labute approximate surface area is 121 Å². The number of carbonyl (C=O) groups is 1. The molecule has 1 rings (SSSR count). The molecule has 1 aromatic carbocycles. The second-order valence-electron chi connectivity index (χ2n) is 5.30. The summed E-state index contributed by atoms with van der Waals surface area (Å²) >= 11 is 0. The molecule has 0 saturated heterocycles. The van der Waals surface area contributed by atoms with Gasteiger partial charge < -0.3 is 15.8 Å². The molecule has 0 aromatic heterocycles. The molecule has 0 bridgehead atoms. The Balaban J connectivity index is 2.47. The molecular weight excluding hydrogens is 252 g/mol. The molecule has 1 unspecified atom stereocenters. The van der Waals surface area contributed by atoms with E-state index >= 15 is 0 Å². The van der Waals surface area contributed by atoms with Crippen molar-refractivity contribution in [1.82, 2.24) is 5.32 Å². The summed E-state index contributed by atoms with van der Waals surface area (Å²) < 4.78 is 5.34. The van der Waals surface area contributed by atoms with Gasteiger partial charge in [0.05, 0.1) is 12.1 Å². The number of carbonyl (C=O) groups excluding carboxylic acids is 1. The first-order valence-corrected chi connectivity index (χ1v) is 7.22. The Morgan fingerprint density at radius 3 is 2.40 bits per heavy atom. The van der Waals surface area contributed by atoms with Crippen LogP contribution in [0.5, 0.6) is 0 Å². The largest absolute Gasteiger partial charge is 0.377 e. The first-order chi connectivity index (χ1) is 9.49. The van der Waals surface area contributed by atoms with Crippen LogP contribution in [-0.2, 0) is 22.7 Å². The average Bonchev–Trinajstić information content (AvgIpc) is 2.43. The molecule has 1 amide bonds. The maximum absolute atomic E-state index is 12.0. The highest BCUT2D eigenvalue weighted by molar-refractivity contribution is 5.85. The van der Waals surface area contributed by atoms with Crippen LogP contribution in [-0.4, -0.2) is 18.1 Å². The number of nitrogens with two attached hydrogens (primary N) is 1. The van der Waals surface area contributed by atoms with Crippen LogP contribution < -0.4 is 11.1 Å². The van der Waals surface area contributed by atoms with Crippen molar-refractivity contribution in [2.45, 2.75) is 52.3 Å². The van der Waals surface area contributed by atoms with Crippen LogP contribution in [0.2, 0.25) is 0 Å². The Morgan fingerprint density at radius 2 is 1.85 bits per heavy atom. The maximum Gasteiger partial charge on any atom is 0.240 e. The van der Waals surface area contributed by atoms with Crippen molar-refractivity contribution in [2.24, 2.45) is 5.73 Å². The third kappa shape index (κ3) is 5.31. The van der Waals surface area contributed by atoms with Gasteiger partial charge in [0.1, 0.15) is 0 Å². The summed E-state index contributed by atoms with van der Waals surface area (Å²) in [5.74, 6) is -0.0993. The van der Waals surface area contributed by atoms with Crippen LogP contribution in [0, 0.1) is 0 Å². The first-order valence-electron chi connectivity index (χ1n) is 7.22. The molecule has 0 spiro atoms. The zero-order chi connectivity index (χ0) is 15.0. The van der Waals surface area contributed by atoms with Gasteiger partial charge in [-0.2, -0.15) is 0 Å². The molecule has 112 valence electrons. The van der Waals surface area contributed by atoms with Crippen molar-refractivity contribution in [3.8, 4) is 0 Å². The Bertz CT molecular complexity index is 413. The minimum absolute atomic E-state index is 0.0993. The maximum atomic E-state index is 12.0. The van der Waals surface area contributed by atoms with Crippen LogP contribution in [0.15, 0.2) is 24.3 Å². The molecule has 0 heterocycles. The van der Waals surface area contributed by atoms with E-state index in [9.17, 15) is 4.79 Å². The molecule has 0 fully saturated rings. The van der Waals surface area contributed by atoms with Gasteiger partial charge in [-0.25, -0.2) is 0 Å². The van der Waals surface area contributed by atoms with E-state index in [-0.39, 0.29) is 5.91 Å². The van der Waals surface area contributed by atoms with Crippen LogP contribution in [0.4, 0.5) is 0 Å². The first kappa shape index (κ1) is 16.7. The summed E-state index contributed by atoms with van der Waals surface area (Å²) in [6.45, 7) is 7.62. The number of rotatable bonds is 8. The molecule has 20 heavy (non-hydrogen) atoms. The molecule has 3 N–H and O–H groups in total. The van der Waals surface area contributed by atoms with E-state index in [2.05, 4.69) is 5.32 Å². The summed E-state index contributed by atoms with van der Waals surface area (Å²) in [6, 6.07) is 8.04. The van der Waals surface area contributed by atoms with Gasteiger partial charge in [-0.15, -0.1) is 0 Å². The van der Waals surface area contributed by atoms with Crippen molar-refractivity contribution in [3.63, 3.8) is 0 Å². The fourth-order valence-corrected chi connectivity index (χ4v) is 1.99. The van der Waals surface area contributed by atoms with E-state index in [1.165, 1.54) is 0 Å². The lowest BCUT2D eigenvalue weighted by Crippen LogP contribution is -2.51. The topological polar surface area (TPSA) is 64.4 Å². The molecule has 0 aliphatic rings. The van der Waals surface area contributed by atoms with Gasteiger partial charge in [0.2, 0.25) is 5.91 Å². The van der Waals surface area contributed by atoms with Gasteiger partial charge in [-0.05, 0) is 31.4 Å². The van der Waals surface area contributed by atoms with E-state index < -0.39 is 5.54 Å². The van der Waals surface area contributed by atoms with Crippen LogP contribution in [0.3, 0.4) is 0 Å². The normalized spacial score (nSPS) is 13.8. The van der Waals surface area contributed by atoms with Crippen LogP contribution in [0.1, 0.15) is 44.7 Å². The predicted molar refractivity (Wildman–Crippen MR) is 81.1 cm³/mol. The monoisotopic (exact) mass is 278 g/mol.